The summed E-state index contributed by atoms with van der Waals surface area (Å²) in [5.74, 6) is 4.93. The second-order valence-electron chi connectivity index (χ2n) is 5.01. The number of ether oxygens (including phenoxy) is 1. The van der Waals surface area contributed by atoms with Crippen LogP contribution in [0.25, 0.3) is 0 Å². The first kappa shape index (κ1) is 16.3. The molecule has 1 rings (SSSR count). The second kappa shape index (κ2) is 6.62. The summed E-state index contributed by atoms with van der Waals surface area (Å²) < 4.78 is 18.6. The van der Waals surface area contributed by atoms with Gasteiger partial charge >= 0.3 is 6.09 Å². The largest absolute Gasteiger partial charge is 0.444 e. The summed E-state index contributed by atoms with van der Waals surface area (Å²) in [5, 5.41) is 2.48. The molecule has 1 aromatic rings. The molecule has 0 radical (unpaired) electrons. The molecule has 0 saturated carbocycles. The number of halogens is 2. The molecule has 0 unspecified atom stereocenters. The Kier molecular flexibility index (Phi) is 5.40. The fraction of sp³-hybridized carbons (Fsp3) is 0.357. The number of carbonyl (C=O) groups excluding carboxylic acids is 1. The van der Waals surface area contributed by atoms with Crippen LogP contribution in [0.3, 0.4) is 0 Å². The van der Waals surface area contributed by atoms with Gasteiger partial charge in [-0.25, -0.2) is 9.18 Å². The maximum absolute atomic E-state index is 13.3. The lowest BCUT2D eigenvalue weighted by Crippen LogP contribution is -2.32. The smallest absolute Gasteiger partial charge is 0.408 e. The Morgan fingerprint density at radius 3 is 2.75 bits per heavy atom. The molecule has 0 aromatic heterocycles. The number of alkyl carbamates (subject to hydrolysis) is 1. The number of nitrogen functional groups attached to an aromatic ring is 1. The SMILES string of the molecule is CC(C)(C)OC(=O)NCC#Cc1cc(F)c(Br)cc1N. The fourth-order valence-electron chi connectivity index (χ4n) is 1.24. The molecule has 0 spiro atoms. The third-order valence-electron chi connectivity index (χ3n) is 2.04. The average Bonchev–Trinajstić information content (AvgIpc) is 2.28. The van der Waals surface area contributed by atoms with Gasteiger partial charge in [-0.3, -0.25) is 0 Å². The highest BCUT2D eigenvalue weighted by Gasteiger charge is 2.15. The van der Waals surface area contributed by atoms with Crippen LogP contribution in [0.5, 0.6) is 0 Å². The molecular weight excluding hydrogens is 327 g/mol. The van der Waals surface area contributed by atoms with E-state index in [1.165, 1.54) is 12.1 Å². The van der Waals surface area contributed by atoms with E-state index in [0.29, 0.717) is 11.3 Å². The van der Waals surface area contributed by atoms with Crippen molar-refractivity contribution in [2.45, 2.75) is 26.4 Å². The molecule has 0 aliphatic carbocycles. The van der Waals surface area contributed by atoms with Crippen LogP contribution in [0, 0.1) is 17.7 Å². The maximum atomic E-state index is 13.3. The minimum atomic E-state index is -0.559. The van der Waals surface area contributed by atoms with Crippen molar-refractivity contribution in [1.82, 2.24) is 5.32 Å². The van der Waals surface area contributed by atoms with E-state index in [1.54, 1.807) is 20.8 Å². The van der Waals surface area contributed by atoms with Crippen molar-refractivity contribution >= 4 is 27.7 Å². The molecule has 108 valence electrons. The summed E-state index contributed by atoms with van der Waals surface area (Å²) in [6.45, 7) is 5.39. The summed E-state index contributed by atoms with van der Waals surface area (Å²) in [5.41, 5.74) is 5.88. The van der Waals surface area contributed by atoms with Gasteiger partial charge in [0.05, 0.1) is 16.6 Å². The van der Waals surface area contributed by atoms with E-state index in [9.17, 15) is 9.18 Å². The van der Waals surface area contributed by atoms with Crippen LogP contribution < -0.4 is 11.1 Å². The van der Waals surface area contributed by atoms with Crippen LogP contribution in [0.15, 0.2) is 16.6 Å². The van der Waals surface area contributed by atoms with Gasteiger partial charge in [0.25, 0.3) is 0 Å². The Balaban J connectivity index is 2.60. The average molecular weight is 343 g/mol. The summed E-state index contributed by atoms with van der Waals surface area (Å²) in [4.78, 5) is 11.3. The molecule has 1 aromatic carbocycles. The van der Waals surface area contributed by atoms with E-state index in [2.05, 4.69) is 33.1 Å². The highest BCUT2D eigenvalue weighted by atomic mass is 79.9. The van der Waals surface area contributed by atoms with E-state index in [-0.39, 0.29) is 11.0 Å². The lowest BCUT2D eigenvalue weighted by molar-refractivity contribution is 0.0535. The van der Waals surface area contributed by atoms with Crippen LogP contribution in [-0.2, 0) is 4.74 Å². The first-order valence-corrected chi connectivity index (χ1v) is 6.68. The fourth-order valence-corrected chi connectivity index (χ4v) is 1.60. The molecule has 6 heteroatoms. The molecule has 4 nitrogen and oxygen atoms in total. The normalized spacial score (nSPS) is 10.4. The van der Waals surface area contributed by atoms with Crippen LogP contribution in [-0.4, -0.2) is 18.2 Å². The lowest BCUT2D eigenvalue weighted by atomic mass is 10.2. The van der Waals surface area contributed by atoms with Gasteiger partial charge in [0.1, 0.15) is 11.4 Å². The molecule has 0 fully saturated rings. The molecule has 0 aliphatic rings. The Hall–Kier alpha value is -1.74. The van der Waals surface area contributed by atoms with Crippen LogP contribution >= 0.6 is 15.9 Å². The van der Waals surface area contributed by atoms with E-state index >= 15 is 0 Å². The van der Waals surface area contributed by atoms with Crippen molar-refractivity contribution in [3.63, 3.8) is 0 Å². The summed E-state index contributed by atoms with van der Waals surface area (Å²) in [7, 11) is 0. The van der Waals surface area contributed by atoms with E-state index in [0.717, 1.165) is 0 Å². The standard InChI is InChI=1S/C14H16BrFN2O2/c1-14(2,3)20-13(19)18-6-4-5-9-7-11(16)10(15)8-12(9)17/h7-8H,6,17H2,1-3H3,(H,18,19). The van der Waals surface area contributed by atoms with Gasteiger partial charge in [0, 0.05) is 5.69 Å². The van der Waals surface area contributed by atoms with Crippen molar-refractivity contribution in [1.29, 1.82) is 0 Å². The highest BCUT2D eigenvalue weighted by Crippen LogP contribution is 2.21. The predicted octanol–water partition coefficient (Wildman–Crippen LogP) is 3.05. The molecular formula is C14H16BrFN2O2. The van der Waals surface area contributed by atoms with E-state index in [4.69, 9.17) is 10.5 Å². The number of rotatable bonds is 1. The van der Waals surface area contributed by atoms with Gasteiger partial charge in [-0.1, -0.05) is 11.8 Å². The van der Waals surface area contributed by atoms with Gasteiger partial charge in [0.15, 0.2) is 0 Å². The number of hydrogen-bond acceptors (Lipinski definition) is 3. The van der Waals surface area contributed by atoms with Crippen LogP contribution in [0.1, 0.15) is 26.3 Å². The van der Waals surface area contributed by atoms with Crippen molar-refractivity contribution in [3.05, 3.63) is 28.0 Å². The number of nitrogens with one attached hydrogen (secondary N) is 1. The van der Waals surface area contributed by atoms with Crippen molar-refractivity contribution in [2.75, 3.05) is 12.3 Å². The number of benzene rings is 1. The molecule has 0 atom stereocenters. The van der Waals surface area contributed by atoms with Gasteiger partial charge in [-0.15, -0.1) is 0 Å². The molecule has 20 heavy (non-hydrogen) atoms. The number of hydrogen-bond donors (Lipinski definition) is 2. The molecule has 1 amide bonds. The predicted molar refractivity (Wildman–Crippen MR) is 79.6 cm³/mol. The second-order valence-corrected chi connectivity index (χ2v) is 5.87. The van der Waals surface area contributed by atoms with Crippen molar-refractivity contribution in [2.24, 2.45) is 0 Å². The maximum Gasteiger partial charge on any atom is 0.408 e. The van der Waals surface area contributed by atoms with Gasteiger partial charge in [-0.2, -0.15) is 0 Å². The third kappa shape index (κ3) is 5.49. The molecule has 0 heterocycles. The Bertz CT molecular complexity index is 571. The summed E-state index contributed by atoms with van der Waals surface area (Å²) in [6.07, 6.45) is -0.554. The van der Waals surface area contributed by atoms with E-state index in [1.807, 2.05) is 0 Å². The van der Waals surface area contributed by atoms with Crippen LogP contribution in [0.4, 0.5) is 14.9 Å². The number of anilines is 1. The van der Waals surface area contributed by atoms with Crippen molar-refractivity contribution in [3.8, 4) is 11.8 Å². The van der Waals surface area contributed by atoms with Gasteiger partial charge < -0.3 is 15.8 Å². The first-order chi connectivity index (χ1) is 9.19. The minimum absolute atomic E-state index is 0.0893. The molecule has 0 bridgehead atoms. The lowest BCUT2D eigenvalue weighted by Gasteiger charge is -2.19. The molecule has 3 N–H and O–H groups in total. The van der Waals surface area contributed by atoms with E-state index < -0.39 is 17.5 Å². The summed E-state index contributed by atoms with van der Waals surface area (Å²) in [6, 6.07) is 2.68. The number of carbonyl (C=O) groups is 1. The Labute approximate surface area is 126 Å². The first-order valence-electron chi connectivity index (χ1n) is 5.89. The topological polar surface area (TPSA) is 64.3 Å². The third-order valence-corrected chi connectivity index (χ3v) is 2.64. The zero-order chi connectivity index (χ0) is 15.3. The summed E-state index contributed by atoms with van der Waals surface area (Å²) >= 11 is 3.03. The molecule has 0 saturated heterocycles. The molecule has 0 aliphatic heterocycles. The quantitative estimate of drug-likeness (QED) is 0.609. The van der Waals surface area contributed by atoms with Crippen LogP contribution in [0.2, 0.25) is 0 Å². The monoisotopic (exact) mass is 342 g/mol. The number of amides is 1. The zero-order valence-electron chi connectivity index (χ0n) is 11.5. The minimum Gasteiger partial charge on any atom is -0.444 e. The zero-order valence-corrected chi connectivity index (χ0v) is 13.1. The van der Waals surface area contributed by atoms with Crippen molar-refractivity contribution < 1.29 is 13.9 Å². The number of nitrogens with two attached hydrogens (primary N) is 1. The highest BCUT2D eigenvalue weighted by molar-refractivity contribution is 9.10. The van der Waals surface area contributed by atoms with Gasteiger partial charge in [0.2, 0.25) is 0 Å². The Morgan fingerprint density at radius 1 is 1.50 bits per heavy atom. The Morgan fingerprint density at radius 2 is 2.15 bits per heavy atom. The van der Waals surface area contributed by atoms with Gasteiger partial charge in [-0.05, 0) is 48.8 Å².